The van der Waals surface area contributed by atoms with E-state index in [2.05, 4.69) is 21.2 Å². The molecule has 1 N–H and O–H groups in total. The fourth-order valence-corrected chi connectivity index (χ4v) is 2.95. The molecule has 0 aliphatic heterocycles. The van der Waals surface area contributed by atoms with Crippen LogP contribution in [0.4, 0.5) is 4.39 Å². The van der Waals surface area contributed by atoms with Crippen molar-refractivity contribution >= 4 is 21.9 Å². The molecular weight excluding hydrogens is 325 g/mol. The van der Waals surface area contributed by atoms with Crippen molar-refractivity contribution in [2.75, 3.05) is 6.61 Å². The van der Waals surface area contributed by atoms with E-state index in [0.717, 1.165) is 30.2 Å². The van der Waals surface area contributed by atoms with Crippen LogP contribution in [0.5, 0.6) is 0 Å². The van der Waals surface area contributed by atoms with Crippen LogP contribution in [-0.2, 0) is 9.53 Å². The Kier molecular flexibility index (Phi) is 5.54. The third-order valence-corrected chi connectivity index (χ3v) is 4.04. The molecule has 0 spiro atoms. The summed E-state index contributed by atoms with van der Waals surface area (Å²) in [6.45, 7) is 2.04. The first-order valence-electron chi connectivity index (χ1n) is 6.99. The Bertz CT molecular complexity index is 475. The maximum absolute atomic E-state index is 14.0. The number of nitrogens with one attached hydrogen (secondary N) is 1. The van der Waals surface area contributed by atoms with Gasteiger partial charge in [-0.25, -0.2) is 9.18 Å². The quantitative estimate of drug-likeness (QED) is 0.828. The van der Waals surface area contributed by atoms with Gasteiger partial charge < -0.3 is 4.74 Å². The van der Waals surface area contributed by atoms with Crippen molar-refractivity contribution in [3.8, 4) is 0 Å². The average Bonchev–Trinajstić information content (AvgIpc) is 2.92. The summed E-state index contributed by atoms with van der Waals surface area (Å²) in [4.78, 5) is 12.1. The van der Waals surface area contributed by atoms with Gasteiger partial charge >= 0.3 is 5.97 Å². The molecule has 0 saturated heterocycles. The van der Waals surface area contributed by atoms with Gasteiger partial charge in [0.2, 0.25) is 0 Å². The molecule has 1 fully saturated rings. The minimum absolute atomic E-state index is 0.253. The van der Waals surface area contributed by atoms with Crippen LogP contribution in [0.2, 0.25) is 0 Å². The summed E-state index contributed by atoms with van der Waals surface area (Å²) >= 11 is 3.32. The lowest BCUT2D eigenvalue weighted by atomic mass is 10.0. The molecule has 3 nitrogen and oxygen atoms in total. The van der Waals surface area contributed by atoms with Crippen LogP contribution < -0.4 is 5.32 Å². The maximum Gasteiger partial charge on any atom is 0.327 e. The van der Waals surface area contributed by atoms with Gasteiger partial charge in [0.25, 0.3) is 0 Å². The van der Waals surface area contributed by atoms with Gasteiger partial charge in [-0.15, -0.1) is 0 Å². The Hall–Kier alpha value is -0.940. The van der Waals surface area contributed by atoms with E-state index in [0.29, 0.717) is 5.56 Å². The number of carbonyl (C=O) groups excluding carboxylic acids is 1. The van der Waals surface area contributed by atoms with Gasteiger partial charge in [0, 0.05) is 16.1 Å². The second-order valence-electron chi connectivity index (χ2n) is 5.00. The average molecular weight is 344 g/mol. The summed E-state index contributed by atoms with van der Waals surface area (Å²) < 4.78 is 19.9. The Labute approximate surface area is 127 Å². The second kappa shape index (κ2) is 7.18. The Morgan fingerprint density at radius 3 is 2.85 bits per heavy atom. The lowest BCUT2D eigenvalue weighted by Crippen LogP contribution is -2.37. The molecule has 110 valence electrons. The highest BCUT2D eigenvalue weighted by Gasteiger charge is 2.29. The molecule has 2 rings (SSSR count). The molecule has 20 heavy (non-hydrogen) atoms. The normalized spacial score (nSPS) is 17.1. The van der Waals surface area contributed by atoms with E-state index in [9.17, 15) is 9.18 Å². The van der Waals surface area contributed by atoms with Crippen molar-refractivity contribution in [1.82, 2.24) is 5.32 Å². The van der Waals surface area contributed by atoms with Gasteiger partial charge in [-0.1, -0.05) is 28.8 Å². The number of halogens is 2. The van der Waals surface area contributed by atoms with Gasteiger partial charge in [0.15, 0.2) is 0 Å². The molecule has 1 aromatic carbocycles. The maximum atomic E-state index is 14.0. The molecule has 0 amide bonds. The first-order chi connectivity index (χ1) is 9.61. The van der Waals surface area contributed by atoms with E-state index >= 15 is 0 Å². The van der Waals surface area contributed by atoms with Gasteiger partial charge in [-0.3, -0.25) is 5.32 Å². The van der Waals surface area contributed by atoms with E-state index in [1.807, 2.05) is 0 Å². The molecule has 5 heteroatoms. The minimum atomic E-state index is -0.740. The van der Waals surface area contributed by atoms with Crippen LogP contribution in [0.3, 0.4) is 0 Å². The zero-order chi connectivity index (χ0) is 14.5. The molecule has 1 aromatic rings. The zero-order valence-electron chi connectivity index (χ0n) is 11.5. The Morgan fingerprint density at radius 1 is 1.50 bits per heavy atom. The highest BCUT2D eigenvalue weighted by molar-refractivity contribution is 9.10. The number of hydrogen-bond acceptors (Lipinski definition) is 3. The number of carbonyl (C=O) groups is 1. The second-order valence-corrected chi connectivity index (χ2v) is 5.91. The largest absolute Gasteiger partial charge is 0.465 e. The summed E-state index contributed by atoms with van der Waals surface area (Å²) in [5.41, 5.74) is 0.338. The Balaban J connectivity index is 2.24. The standard InChI is InChI=1S/C15H19BrFNO2/c1-2-20-15(19)14(18-11-5-3-4-6-11)12-9-10(16)7-8-13(12)17/h7-9,11,14,18H,2-6H2,1H3. The summed E-state index contributed by atoms with van der Waals surface area (Å²) in [6.07, 6.45) is 4.33. The predicted octanol–water partition coefficient (Wildman–Crippen LogP) is 3.72. The van der Waals surface area contributed by atoms with E-state index in [4.69, 9.17) is 4.74 Å². The minimum Gasteiger partial charge on any atom is -0.465 e. The van der Waals surface area contributed by atoms with Crippen molar-refractivity contribution in [2.45, 2.75) is 44.7 Å². The lowest BCUT2D eigenvalue weighted by Gasteiger charge is -2.22. The molecule has 1 saturated carbocycles. The van der Waals surface area contributed by atoms with Gasteiger partial charge in [-0.2, -0.15) is 0 Å². The van der Waals surface area contributed by atoms with Gasteiger partial charge in [0.05, 0.1) is 6.61 Å². The van der Waals surface area contributed by atoms with Crippen molar-refractivity contribution in [3.05, 3.63) is 34.1 Å². The van der Waals surface area contributed by atoms with Crippen LogP contribution in [0.25, 0.3) is 0 Å². The summed E-state index contributed by atoms with van der Waals surface area (Å²) in [6, 6.07) is 4.13. The van der Waals surface area contributed by atoms with Crippen molar-refractivity contribution < 1.29 is 13.9 Å². The van der Waals surface area contributed by atoms with E-state index < -0.39 is 17.8 Å². The highest BCUT2D eigenvalue weighted by atomic mass is 79.9. The number of hydrogen-bond donors (Lipinski definition) is 1. The highest BCUT2D eigenvalue weighted by Crippen LogP contribution is 2.26. The molecule has 0 bridgehead atoms. The first kappa shape index (κ1) is 15.4. The van der Waals surface area contributed by atoms with Crippen LogP contribution >= 0.6 is 15.9 Å². The van der Waals surface area contributed by atoms with E-state index in [1.165, 1.54) is 6.07 Å². The number of ether oxygens (including phenoxy) is 1. The van der Waals surface area contributed by atoms with Crippen molar-refractivity contribution in [2.24, 2.45) is 0 Å². The molecule has 1 aliphatic rings. The van der Waals surface area contributed by atoms with Gasteiger partial charge in [0.1, 0.15) is 11.9 Å². The smallest absolute Gasteiger partial charge is 0.327 e. The van der Waals surface area contributed by atoms with Crippen LogP contribution in [0.15, 0.2) is 22.7 Å². The fraction of sp³-hybridized carbons (Fsp3) is 0.533. The lowest BCUT2D eigenvalue weighted by molar-refractivity contribution is -0.146. The zero-order valence-corrected chi connectivity index (χ0v) is 13.1. The van der Waals surface area contributed by atoms with Crippen LogP contribution in [0.1, 0.15) is 44.2 Å². The van der Waals surface area contributed by atoms with E-state index in [1.54, 1.807) is 19.1 Å². The number of esters is 1. The summed E-state index contributed by atoms with van der Waals surface area (Å²) in [5.74, 6) is -0.812. The van der Waals surface area contributed by atoms with Crippen LogP contribution in [-0.4, -0.2) is 18.6 Å². The molecule has 0 radical (unpaired) electrons. The Morgan fingerprint density at radius 2 is 2.20 bits per heavy atom. The van der Waals surface area contributed by atoms with Crippen molar-refractivity contribution in [3.63, 3.8) is 0 Å². The summed E-state index contributed by atoms with van der Waals surface area (Å²) in [7, 11) is 0. The SMILES string of the molecule is CCOC(=O)C(NC1CCCC1)c1cc(Br)ccc1F. The number of rotatable bonds is 5. The van der Waals surface area contributed by atoms with Gasteiger partial charge in [-0.05, 0) is 38.0 Å². The monoisotopic (exact) mass is 343 g/mol. The third-order valence-electron chi connectivity index (χ3n) is 3.55. The topological polar surface area (TPSA) is 38.3 Å². The van der Waals surface area contributed by atoms with E-state index in [-0.39, 0.29) is 12.6 Å². The molecule has 0 heterocycles. The molecule has 1 atom stereocenters. The first-order valence-corrected chi connectivity index (χ1v) is 7.78. The predicted molar refractivity (Wildman–Crippen MR) is 78.9 cm³/mol. The summed E-state index contributed by atoms with van der Waals surface area (Å²) in [5, 5.41) is 3.25. The number of benzene rings is 1. The fourth-order valence-electron chi connectivity index (χ4n) is 2.57. The molecule has 0 aromatic heterocycles. The van der Waals surface area contributed by atoms with Crippen LogP contribution in [0, 0.1) is 5.82 Å². The molecular formula is C15H19BrFNO2. The third kappa shape index (κ3) is 3.79. The molecule has 1 aliphatic carbocycles. The molecule has 1 unspecified atom stereocenters. The van der Waals surface area contributed by atoms with Crippen molar-refractivity contribution in [1.29, 1.82) is 0 Å².